The third-order valence-corrected chi connectivity index (χ3v) is 3.89. The Morgan fingerprint density at radius 1 is 1.35 bits per heavy atom. The number of ether oxygens (including phenoxy) is 1. The zero-order valence-corrected chi connectivity index (χ0v) is 12.5. The quantitative estimate of drug-likeness (QED) is 0.816. The summed E-state index contributed by atoms with van der Waals surface area (Å²) in [5.41, 5.74) is 6.25. The molecule has 5 heteroatoms. The fraction of sp³-hybridized carbons (Fsp3) is 0.467. The molecule has 1 amide bonds. The molecule has 1 saturated carbocycles. The van der Waals surface area contributed by atoms with E-state index in [1.165, 1.54) is 12.8 Å². The van der Waals surface area contributed by atoms with Crippen molar-refractivity contribution in [2.45, 2.75) is 38.1 Å². The van der Waals surface area contributed by atoms with Gasteiger partial charge in [0.05, 0.1) is 0 Å². The van der Waals surface area contributed by atoms with Gasteiger partial charge in [-0.05, 0) is 44.0 Å². The predicted octanol–water partition coefficient (Wildman–Crippen LogP) is 2.15. The van der Waals surface area contributed by atoms with E-state index in [9.17, 15) is 4.79 Å². The summed E-state index contributed by atoms with van der Waals surface area (Å²) in [6.45, 7) is 2.12. The summed E-state index contributed by atoms with van der Waals surface area (Å²) in [4.78, 5) is 12.2. The summed E-state index contributed by atoms with van der Waals surface area (Å²) < 4.78 is 5.46. The zero-order chi connectivity index (χ0) is 14.6. The van der Waals surface area contributed by atoms with Crippen LogP contribution in [-0.2, 0) is 4.79 Å². The number of carbonyl (C=O) groups is 1. The first kappa shape index (κ1) is 14.8. The molecule has 2 rings (SSSR count). The van der Waals surface area contributed by atoms with Crippen LogP contribution in [0.1, 0.15) is 38.2 Å². The molecule has 0 bridgehead atoms. The van der Waals surface area contributed by atoms with Gasteiger partial charge in [0.25, 0.3) is 5.91 Å². The lowest BCUT2D eigenvalue weighted by molar-refractivity contribution is -0.124. The summed E-state index contributed by atoms with van der Waals surface area (Å²) in [6, 6.07) is 7.10. The minimum atomic E-state index is -0.0761. The Kier molecular flexibility index (Phi) is 4.60. The van der Waals surface area contributed by atoms with Gasteiger partial charge >= 0.3 is 0 Å². The highest BCUT2D eigenvalue weighted by atomic mass is 32.1. The van der Waals surface area contributed by atoms with Gasteiger partial charge in [-0.3, -0.25) is 4.79 Å². The normalized spacial score (nSPS) is 16.6. The lowest BCUT2D eigenvalue weighted by Crippen LogP contribution is -2.45. The number of amides is 1. The number of rotatable bonds is 5. The second kappa shape index (κ2) is 6.22. The molecule has 1 aromatic carbocycles. The van der Waals surface area contributed by atoms with E-state index in [-0.39, 0.29) is 18.1 Å². The molecule has 0 unspecified atom stereocenters. The molecule has 0 heterocycles. The molecule has 1 aliphatic carbocycles. The van der Waals surface area contributed by atoms with Gasteiger partial charge in [0.15, 0.2) is 6.61 Å². The molecule has 1 fully saturated rings. The van der Waals surface area contributed by atoms with Crippen LogP contribution in [0.3, 0.4) is 0 Å². The molecule has 20 heavy (non-hydrogen) atoms. The average Bonchev–Trinajstić information content (AvgIpc) is 2.83. The van der Waals surface area contributed by atoms with Gasteiger partial charge in [0.1, 0.15) is 10.7 Å². The molecule has 4 nitrogen and oxygen atoms in total. The molecule has 0 saturated heterocycles. The Labute approximate surface area is 124 Å². The molecule has 0 radical (unpaired) electrons. The summed E-state index contributed by atoms with van der Waals surface area (Å²) in [5.74, 6) is 0.560. The predicted molar refractivity (Wildman–Crippen MR) is 82.8 cm³/mol. The van der Waals surface area contributed by atoms with Gasteiger partial charge in [-0.15, -0.1) is 0 Å². The number of thiocarbonyl (C=S) groups is 1. The highest BCUT2D eigenvalue weighted by Gasteiger charge is 2.29. The highest BCUT2D eigenvalue weighted by Crippen LogP contribution is 2.28. The van der Waals surface area contributed by atoms with Crippen molar-refractivity contribution in [1.29, 1.82) is 0 Å². The van der Waals surface area contributed by atoms with E-state index >= 15 is 0 Å². The minimum Gasteiger partial charge on any atom is -0.484 e. The van der Waals surface area contributed by atoms with Crippen molar-refractivity contribution in [2.24, 2.45) is 5.73 Å². The molecular formula is C15H20N2O2S. The maximum Gasteiger partial charge on any atom is 0.258 e. The van der Waals surface area contributed by atoms with Crippen LogP contribution < -0.4 is 15.8 Å². The summed E-state index contributed by atoms with van der Waals surface area (Å²) in [5, 5.41) is 3.05. The SMILES string of the molecule is CC1(NC(=O)COc2ccc(C(N)=S)cc2)CCCC1. The van der Waals surface area contributed by atoms with Crippen LogP contribution in [0.4, 0.5) is 0 Å². The monoisotopic (exact) mass is 292 g/mol. The van der Waals surface area contributed by atoms with Crippen LogP contribution in [0.5, 0.6) is 5.75 Å². The first-order chi connectivity index (χ1) is 9.48. The van der Waals surface area contributed by atoms with Crippen molar-refractivity contribution in [3.8, 4) is 5.75 Å². The molecule has 108 valence electrons. The van der Waals surface area contributed by atoms with Gasteiger partial charge in [-0.2, -0.15) is 0 Å². The highest BCUT2D eigenvalue weighted by molar-refractivity contribution is 7.80. The van der Waals surface area contributed by atoms with Crippen molar-refractivity contribution in [3.05, 3.63) is 29.8 Å². The maximum absolute atomic E-state index is 11.9. The number of benzene rings is 1. The number of nitrogens with two attached hydrogens (primary N) is 1. The van der Waals surface area contributed by atoms with E-state index in [1.807, 2.05) is 0 Å². The lowest BCUT2D eigenvalue weighted by atomic mass is 10.0. The molecular weight excluding hydrogens is 272 g/mol. The van der Waals surface area contributed by atoms with Crippen molar-refractivity contribution < 1.29 is 9.53 Å². The van der Waals surface area contributed by atoms with E-state index < -0.39 is 0 Å². The first-order valence-electron chi connectivity index (χ1n) is 6.82. The second-order valence-corrected chi connectivity index (χ2v) is 5.93. The van der Waals surface area contributed by atoms with Crippen molar-refractivity contribution in [2.75, 3.05) is 6.61 Å². The van der Waals surface area contributed by atoms with E-state index in [4.69, 9.17) is 22.7 Å². The van der Waals surface area contributed by atoms with Crippen LogP contribution >= 0.6 is 12.2 Å². The van der Waals surface area contributed by atoms with Gasteiger partial charge in [0.2, 0.25) is 0 Å². The molecule has 0 aliphatic heterocycles. The first-order valence-corrected chi connectivity index (χ1v) is 7.23. The molecule has 3 N–H and O–H groups in total. The van der Waals surface area contributed by atoms with E-state index in [2.05, 4.69) is 12.2 Å². The smallest absolute Gasteiger partial charge is 0.258 e. The van der Waals surface area contributed by atoms with Crippen LogP contribution in [0, 0.1) is 0 Å². The van der Waals surface area contributed by atoms with Crippen molar-refractivity contribution >= 4 is 23.1 Å². The van der Waals surface area contributed by atoms with E-state index in [1.54, 1.807) is 24.3 Å². The fourth-order valence-electron chi connectivity index (χ4n) is 2.52. The molecule has 0 spiro atoms. The molecule has 1 aromatic rings. The topological polar surface area (TPSA) is 64.3 Å². The Balaban J connectivity index is 1.82. The third-order valence-electron chi connectivity index (χ3n) is 3.66. The van der Waals surface area contributed by atoms with Crippen molar-refractivity contribution in [1.82, 2.24) is 5.32 Å². The summed E-state index contributed by atoms with van der Waals surface area (Å²) in [7, 11) is 0. The number of hydrogen-bond donors (Lipinski definition) is 2. The largest absolute Gasteiger partial charge is 0.484 e. The molecule has 0 atom stereocenters. The Hall–Kier alpha value is -1.62. The van der Waals surface area contributed by atoms with Gasteiger partial charge in [0, 0.05) is 11.1 Å². The van der Waals surface area contributed by atoms with Crippen LogP contribution in [0.15, 0.2) is 24.3 Å². The van der Waals surface area contributed by atoms with Gasteiger partial charge in [-0.1, -0.05) is 25.1 Å². The number of nitrogens with one attached hydrogen (secondary N) is 1. The Morgan fingerprint density at radius 3 is 2.50 bits per heavy atom. The van der Waals surface area contributed by atoms with Crippen LogP contribution in [-0.4, -0.2) is 23.0 Å². The molecule has 1 aliphatic rings. The Morgan fingerprint density at radius 2 is 1.95 bits per heavy atom. The van der Waals surface area contributed by atoms with Crippen molar-refractivity contribution in [3.63, 3.8) is 0 Å². The van der Waals surface area contributed by atoms with E-state index in [0.717, 1.165) is 18.4 Å². The third kappa shape index (κ3) is 3.93. The van der Waals surface area contributed by atoms with Gasteiger partial charge < -0.3 is 15.8 Å². The summed E-state index contributed by atoms with van der Waals surface area (Å²) >= 11 is 4.88. The summed E-state index contributed by atoms with van der Waals surface area (Å²) in [6.07, 6.45) is 4.44. The Bertz CT molecular complexity index is 493. The van der Waals surface area contributed by atoms with Crippen LogP contribution in [0.25, 0.3) is 0 Å². The lowest BCUT2D eigenvalue weighted by Gasteiger charge is -2.25. The molecule has 0 aromatic heterocycles. The average molecular weight is 292 g/mol. The van der Waals surface area contributed by atoms with Gasteiger partial charge in [-0.25, -0.2) is 0 Å². The number of carbonyl (C=O) groups excluding carboxylic acids is 1. The zero-order valence-electron chi connectivity index (χ0n) is 11.6. The fourth-order valence-corrected chi connectivity index (χ4v) is 2.65. The standard InChI is InChI=1S/C15H20N2O2S/c1-15(8-2-3-9-15)17-13(18)10-19-12-6-4-11(5-7-12)14(16)20/h4-7H,2-3,8-10H2,1H3,(H2,16,20)(H,17,18). The van der Waals surface area contributed by atoms with E-state index in [0.29, 0.717) is 10.7 Å². The maximum atomic E-state index is 11.9. The van der Waals surface area contributed by atoms with Crippen LogP contribution in [0.2, 0.25) is 0 Å². The second-order valence-electron chi connectivity index (χ2n) is 5.49. The minimum absolute atomic E-state index is 0.0298. The number of hydrogen-bond acceptors (Lipinski definition) is 3.